The largest absolute Gasteiger partial charge is 0.490 e. The van der Waals surface area contributed by atoms with Gasteiger partial charge >= 0.3 is 5.97 Å². The molecular weight excluding hydrogens is 504 g/mol. The minimum absolute atomic E-state index is 0.0135. The van der Waals surface area contributed by atoms with Crippen LogP contribution in [0, 0.1) is 11.3 Å². The first kappa shape index (κ1) is 26.6. The van der Waals surface area contributed by atoms with Crippen molar-refractivity contribution in [2.24, 2.45) is 5.73 Å². The molecule has 2 N–H and O–H groups in total. The quantitative estimate of drug-likeness (QED) is 0.195. The van der Waals surface area contributed by atoms with Crippen LogP contribution in [0.3, 0.4) is 0 Å². The van der Waals surface area contributed by atoms with Crippen molar-refractivity contribution in [1.29, 1.82) is 5.26 Å². The fraction of sp³-hybridized carbons (Fsp3) is 0.200. The Kier molecular flexibility index (Phi) is 8.57. The van der Waals surface area contributed by atoms with Crippen LogP contribution in [0.5, 0.6) is 23.0 Å². The molecule has 1 aliphatic heterocycles. The van der Waals surface area contributed by atoms with E-state index in [1.165, 1.54) is 6.08 Å². The van der Waals surface area contributed by atoms with E-state index in [1.807, 2.05) is 32.0 Å². The second kappa shape index (κ2) is 12.2. The van der Waals surface area contributed by atoms with Gasteiger partial charge in [0.25, 0.3) is 0 Å². The topological polar surface area (TPSA) is 104 Å². The Balaban J connectivity index is 1.62. The summed E-state index contributed by atoms with van der Waals surface area (Å²) in [6.45, 7) is 4.95. The van der Waals surface area contributed by atoms with Crippen molar-refractivity contribution in [1.82, 2.24) is 0 Å². The van der Waals surface area contributed by atoms with Gasteiger partial charge in [0.15, 0.2) is 11.5 Å². The highest BCUT2D eigenvalue weighted by molar-refractivity contribution is 6.30. The normalized spacial score (nSPS) is 14.4. The number of nitriles is 1. The SMILES string of the molecule is CCCOc1ccc(C2C(C#N)=C(N)Oc3cc(OC(=O)/C=C/c4ccc(Cl)cc4)ccc32)cc1OCC. The molecular formula is C30H27ClN2O5. The maximum atomic E-state index is 12.4. The number of halogens is 1. The fourth-order valence-corrected chi connectivity index (χ4v) is 4.16. The van der Waals surface area contributed by atoms with E-state index in [0.29, 0.717) is 41.0 Å². The molecule has 1 heterocycles. The maximum absolute atomic E-state index is 12.4. The predicted octanol–water partition coefficient (Wildman–Crippen LogP) is 6.36. The van der Waals surface area contributed by atoms with Crippen molar-refractivity contribution in [2.75, 3.05) is 13.2 Å². The van der Waals surface area contributed by atoms with Gasteiger partial charge in [-0.15, -0.1) is 0 Å². The van der Waals surface area contributed by atoms with E-state index in [1.54, 1.807) is 48.5 Å². The van der Waals surface area contributed by atoms with Gasteiger partial charge in [0, 0.05) is 22.7 Å². The zero-order valence-corrected chi connectivity index (χ0v) is 21.8. The van der Waals surface area contributed by atoms with Crippen molar-refractivity contribution in [3.63, 3.8) is 0 Å². The molecule has 4 rings (SSSR count). The summed E-state index contributed by atoms with van der Waals surface area (Å²) in [4.78, 5) is 12.4. The van der Waals surface area contributed by atoms with Crippen molar-refractivity contribution >= 4 is 23.6 Å². The van der Waals surface area contributed by atoms with Gasteiger partial charge in [-0.05, 0) is 60.9 Å². The van der Waals surface area contributed by atoms with Crippen molar-refractivity contribution < 1.29 is 23.7 Å². The van der Waals surface area contributed by atoms with Crippen LogP contribution in [0.4, 0.5) is 0 Å². The molecule has 3 aromatic carbocycles. The van der Waals surface area contributed by atoms with E-state index in [4.69, 9.17) is 36.3 Å². The summed E-state index contributed by atoms with van der Waals surface area (Å²) in [5.74, 6) is 0.813. The minimum atomic E-state index is -0.558. The molecule has 0 radical (unpaired) electrons. The first-order valence-electron chi connectivity index (χ1n) is 12.2. The van der Waals surface area contributed by atoms with Gasteiger partial charge in [-0.1, -0.05) is 42.8 Å². The Hall–Kier alpha value is -4.41. The Bertz CT molecular complexity index is 1420. The van der Waals surface area contributed by atoms with Crippen molar-refractivity contribution in [3.8, 4) is 29.1 Å². The summed E-state index contributed by atoms with van der Waals surface area (Å²) in [5, 5.41) is 10.5. The number of ether oxygens (including phenoxy) is 4. The molecule has 1 aliphatic rings. The van der Waals surface area contributed by atoms with Crippen LogP contribution in [0.25, 0.3) is 6.08 Å². The summed E-state index contributed by atoms with van der Waals surface area (Å²) in [6, 6.07) is 19.8. The van der Waals surface area contributed by atoms with E-state index in [2.05, 4.69) is 6.07 Å². The van der Waals surface area contributed by atoms with Gasteiger partial charge in [-0.25, -0.2) is 4.79 Å². The number of hydrogen-bond acceptors (Lipinski definition) is 7. The molecule has 3 aromatic rings. The number of esters is 1. The summed E-state index contributed by atoms with van der Waals surface area (Å²) in [5.41, 5.74) is 8.73. The van der Waals surface area contributed by atoms with E-state index in [9.17, 15) is 10.1 Å². The molecule has 0 saturated heterocycles. The summed E-state index contributed by atoms with van der Waals surface area (Å²) < 4.78 is 22.9. The van der Waals surface area contributed by atoms with E-state index in [-0.39, 0.29) is 17.2 Å². The molecule has 1 atom stereocenters. The highest BCUT2D eigenvalue weighted by Gasteiger charge is 2.31. The van der Waals surface area contributed by atoms with Gasteiger partial charge in [0.2, 0.25) is 5.88 Å². The molecule has 0 fully saturated rings. The minimum Gasteiger partial charge on any atom is -0.490 e. The summed E-state index contributed by atoms with van der Waals surface area (Å²) in [7, 11) is 0. The zero-order valence-electron chi connectivity index (χ0n) is 21.1. The molecule has 194 valence electrons. The Morgan fingerprint density at radius 2 is 1.87 bits per heavy atom. The Labute approximate surface area is 226 Å². The standard InChI is InChI=1S/C30H27ClN2O5/c1-3-15-36-25-13-8-20(16-27(25)35-4-2)29-23-12-11-22(17-26(23)38-30(33)24(29)18-32)37-28(34)14-7-19-5-9-21(31)10-6-19/h5-14,16-17,29H,3-4,15,33H2,1-2H3/b14-7+. The molecule has 0 aliphatic carbocycles. The molecule has 0 bridgehead atoms. The summed E-state index contributed by atoms with van der Waals surface area (Å²) in [6.07, 6.45) is 3.82. The van der Waals surface area contributed by atoms with Crippen LogP contribution in [0.15, 0.2) is 78.2 Å². The fourth-order valence-electron chi connectivity index (χ4n) is 4.03. The van der Waals surface area contributed by atoms with Crippen LogP contribution in [0.1, 0.15) is 42.9 Å². The van der Waals surface area contributed by atoms with E-state index >= 15 is 0 Å². The van der Waals surface area contributed by atoms with Gasteiger partial charge in [-0.3, -0.25) is 0 Å². The van der Waals surface area contributed by atoms with Crippen LogP contribution >= 0.6 is 11.6 Å². The lowest BCUT2D eigenvalue weighted by Gasteiger charge is -2.27. The predicted molar refractivity (Wildman–Crippen MR) is 145 cm³/mol. The van der Waals surface area contributed by atoms with Gasteiger partial charge in [0.05, 0.1) is 19.1 Å². The number of rotatable bonds is 9. The van der Waals surface area contributed by atoms with E-state index in [0.717, 1.165) is 17.5 Å². The maximum Gasteiger partial charge on any atom is 0.336 e. The molecule has 0 aromatic heterocycles. The van der Waals surface area contributed by atoms with Crippen LogP contribution < -0.4 is 24.7 Å². The first-order valence-corrected chi connectivity index (χ1v) is 12.6. The second-order valence-electron chi connectivity index (χ2n) is 8.42. The lowest BCUT2D eigenvalue weighted by molar-refractivity contribution is -0.128. The molecule has 1 unspecified atom stereocenters. The third kappa shape index (κ3) is 6.10. The Morgan fingerprint density at radius 1 is 1.08 bits per heavy atom. The Morgan fingerprint density at radius 3 is 2.58 bits per heavy atom. The van der Waals surface area contributed by atoms with Gasteiger partial charge in [-0.2, -0.15) is 5.26 Å². The van der Waals surface area contributed by atoms with Crippen molar-refractivity contribution in [2.45, 2.75) is 26.2 Å². The number of benzene rings is 3. The number of hydrogen-bond donors (Lipinski definition) is 1. The van der Waals surface area contributed by atoms with Crippen LogP contribution in [-0.4, -0.2) is 19.2 Å². The number of carbonyl (C=O) groups excluding carboxylic acids is 1. The number of nitrogens with two attached hydrogens (primary N) is 1. The third-order valence-corrected chi connectivity index (χ3v) is 6.01. The van der Waals surface area contributed by atoms with Crippen molar-refractivity contribution in [3.05, 3.63) is 99.9 Å². The lowest BCUT2D eigenvalue weighted by atomic mass is 9.83. The molecule has 0 amide bonds. The number of carbonyl (C=O) groups is 1. The number of fused-ring (bicyclic) bond motifs is 1. The average molecular weight is 531 g/mol. The first-order chi connectivity index (χ1) is 18.4. The average Bonchev–Trinajstić information content (AvgIpc) is 2.91. The highest BCUT2D eigenvalue weighted by atomic mass is 35.5. The number of allylic oxidation sites excluding steroid dienone is 1. The molecule has 0 saturated carbocycles. The molecule has 0 spiro atoms. The third-order valence-electron chi connectivity index (χ3n) is 5.75. The lowest BCUT2D eigenvalue weighted by Crippen LogP contribution is -2.21. The molecule has 8 heteroatoms. The smallest absolute Gasteiger partial charge is 0.336 e. The summed E-state index contributed by atoms with van der Waals surface area (Å²) >= 11 is 5.90. The highest BCUT2D eigenvalue weighted by Crippen LogP contribution is 2.45. The van der Waals surface area contributed by atoms with Gasteiger partial charge in [0.1, 0.15) is 23.1 Å². The van der Waals surface area contributed by atoms with Crippen LogP contribution in [-0.2, 0) is 4.79 Å². The van der Waals surface area contributed by atoms with Crippen LogP contribution in [0.2, 0.25) is 5.02 Å². The zero-order chi connectivity index (χ0) is 27.1. The van der Waals surface area contributed by atoms with E-state index < -0.39 is 11.9 Å². The van der Waals surface area contributed by atoms with Gasteiger partial charge < -0.3 is 24.7 Å². The molecule has 38 heavy (non-hydrogen) atoms. The monoisotopic (exact) mass is 530 g/mol. The molecule has 7 nitrogen and oxygen atoms in total. The second-order valence-corrected chi connectivity index (χ2v) is 8.85. The number of nitrogens with zero attached hydrogens (tertiary/aromatic N) is 1.